The van der Waals surface area contributed by atoms with E-state index in [1.807, 2.05) is 0 Å². The number of sulfonamides is 1. The van der Waals surface area contributed by atoms with Crippen LogP contribution in [-0.4, -0.2) is 30.4 Å². The summed E-state index contributed by atoms with van der Waals surface area (Å²) in [5.74, 6) is -1.92. The van der Waals surface area contributed by atoms with Gasteiger partial charge in [-0.1, -0.05) is 54.6 Å². The van der Waals surface area contributed by atoms with E-state index >= 15 is 0 Å². The Labute approximate surface area is 200 Å². The SMILES string of the molecule is O=C(O)c1ccc(S(=O)(=O)N(C(=O)c2c3ccccc3nc3ccccc23)c2ccccc2)cc1. The molecule has 172 valence electrons. The maximum absolute atomic E-state index is 14.2. The van der Waals surface area contributed by atoms with E-state index in [0.717, 1.165) is 4.31 Å². The topological polar surface area (TPSA) is 105 Å². The molecular weight excluding hydrogens is 464 g/mol. The predicted octanol–water partition coefficient (Wildman–Crippen LogP) is 5.12. The number of aromatic carboxylic acids is 1. The number of fused-ring (bicyclic) bond motifs is 2. The summed E-state index contributed by atoms with van der Waals surface area (Å²) < 4.78 is 28.4. The molecule has 1 aromatic heterocycles. The minimum atomic E-state index is -4.41. The van der Waals surface area contributed by atoms with Crippen LogP contribution < -0.4 is 4.31 Å². The number of carbonyl (C=O) groups is 2. The number of carbonyl (C=O) groups excluding carboxylic acids is 1. The fourth-order valence-corrected chi connectivity index (χ4v) is 5.38. The molecule has 0 aliphatic rings. The van der Waals surface area contributed by atoms with Gasteiger partial charge < -0.3 is 5.11 Å². The lowest BCUT2D eigenvalue weighted by Crippen LogP contribution is -2.37. The third-order valence-electron chi connectivity index (χ3n) is 5.62. The van der Waals surface area contributed by atoms with Gasteiger partial charge in [-0.15, -0.1) is 0 Å². The third-order valence-corrected chi connectivity index (χ3v) is 7.34. The Morgan fingerprint density at radius 3 is 1.74 bits per heavy atom. The van der Waals surface area contributed by atoms with Crippen molar-refractivity contribution in [3.05, 3.63) is 114 Å². The molecule has 4 aromatic carbocycles. The Morgan fingerprint density at radius 2 is 1.20 bits per heavy atom. The van der Waals surface area contributed by atoms with Gasteiger partial charge in [0.1, 0.15) is 0 Å². The standard InChI is InChI=1S/C27H18N2O5S/c30-26(25-21-10-4-6-12-23(21)28-24-13-7-5-11-22(24)25)29(19-8-2-1-3-9-19)35(33,34)20-16-14-18(15-17-20)27(31)32/h1-17H,(H,31,32). The van der Waals surface area contributed by atoms with Gasteiger partial charge in [0, 0.05) is 10.8 Å². The van der Waals surface area contributed by atoms with Crippen LogP contribution in [0.1, 0.15) is 20.7 Å². The van der Waals surface area contributed by atoms with E-state index in [1.165, 1.54) is 36.4 Å². The monoisotopic (exact) mass is 482 g/mol. The molecular formula is C27H18N2O5S. The van der Waals surface area contributed by atoms with Crippen molar-refractivity contribution in [1.82, 2.24) is 4.98 Å². The first kappa shape index (κ1) is 22.2. The number of aromatic nitrogens is 1. The van der Waals surface area contributed by atoms with E-state index in [2.05, 4.69) is 4.98 Å². The average molecular weight is 483 g/mol. The molecule has 0 bridgehead atoms. The number of carboxylic acid groups (broad SMARTS) is 1. The minimum absolute atomic E-state index is 0.0624. The van der Waals surface area contributed by atoms with E-state index in [4.69, 9.17) is 0 Å². The smallest absolute Gasteiger partial charge is 0.335 e. The van der Waals surface area contributed by atoms with E-state index in [0.29, 0.717) is 21.8 Å². The lowest BCUT2D eigenvalue weighted by atomic mass is 10.0. The summed E-state index contributed by atoms with van der Waals surface area (Å²) in [4.78, 5) is 29.9. The molecule has 0 spiro atoms. The van der Waals surface area contributed by atoms with Crippen molar-refractivity contribution < 1.29 is 23.1 Å². The summed E-state index contributed by atoms with van der Waals surface area (Å²) in [7, 11) is -4.41. The number of benzene rings is 4. The highest BCUT2D eigenvalue weighted by atomic mass is 32.2. The van der Waals surface area contributed by atoms with Gasteiger partial charge >= 0.3 is 5.97 Å². The Balaban J connectivity index is 1.77. The van der Waals surface area contributed by atoms with Gasteiger partial charge in [0.15, 0.2) is 0 Å². The van der Waals surface area contributed by atoms with Gasteiger partial charge in [-0.05, 0) is 48.5 Å². The Hall–Kier alpha value is -4.56. The number of para-hydroxylation sites is 3. The van der Waals surface area contributed by atoms with Gasteiger partial charge in [-0.25, -0.2) is 18.2 Å². The highest BCUT2D eigenvalue weighted by Gasteiger charge is 2.34. The zero-order chi connectivity index (χ0) is 24.6. The normalized spacial score (nSPS) is 11.4. The van der Waals surface area contributed by atoms with E-state index in [1.54, 1.807) is 66.7 Å². The number of nitrogens with zero attached hydrogens (tertiary/aromatic N) is 2. The number of hydrogen-bond acceptors (Lipinski definition) is 5. The third kappa shape index (κ3) is 3.89. The highest BCUT2D eigenvalue weighted by Crippen LogP contribution is 2.32. The minimum Gasteiger partial charge on any atom is -0.478 e. The summed E-state index contributed by atoms with van der Waals surface area (Å²) in [6.45, 7) is 0. The van der Waals surface area contributed by atoms with Crippen LogP contribution in [0.2, 0.25) is 0 Å². The lowest BCUT2D eigenvalue weighted by molar-refractivity contribution is 0.0696. The maximum Gasteiger partial charge on any atom is 0.335 e. The molecule has 1 N–H and O–H groups in total. The van der Waals surface area contributed by atoms with E-state index in [9.17, 15) is 23.1 Å². The first-order valence-corrected chi connectivity index (χ1v) is 12.1. The van der Waals surface area contributed by atoms with Crippen LogP contribution in [0.15, 0.2) is 108 Å². The average Bonchev–Trinajstić information content (AvgIpc) is 2.87. The number of anilines is 1. The Kier molecular flexibility index (Phi) is 5.50. The first-order valence-electron chi connectivity index (χ1n) is 10.6. The quantitative estimate of drug-likeness (QED) is 0.349. The van der Waals surface area contributed by atoms with Crippen LogP contribution in [0, 0.1) is 0 Å². The van der Waals surface area contributed by atoms with Crippen LogP contribution >= 0.6 is 0 Å². The van der Waals surface area contributed by atoms with Crippen molar-refractivity contribution >= 4 is 49.4 Å². The number of carboxylic acids is 1. The molecule has 7 nitrogen and oxygen atoms in total. The largest absolute Gasteiger partial charge is 0.478 e. The van der Waals surface area contributed by atoms with Crippen molar-refractivity contribution in [2.24, 2.45) is 0 Å². The van der Waals surface area contributed by atoms with Gasteiger partial charge in [0.25, 0.3) is 15.9 Å². The molecule has 0 atom stereocenters. The van der Waals surface area contributed by atoms with Crippen LogP contribution in [0.5, 0.6) is 0 Å². The molecule has 0 fully saturated rings. The van der Waals surface area contributed by atoms with Crippen molar-refractivity contribution in [2.75, 3.05) is 4.31 Å². The molecule has 35 heavy (non-hydrogen) atoms. The molecule has 0 radical (unpaired) electrons. The van der Waals surface area contributed by atoms with Crippen molar-refractivity contribution in [1.29, 1.82) is 0 Å². The van der Waals surface area contributed by atoms with Crippen LogP contribution in [0.3, 0.4) is 0 Å². The van der Waals surface area contributed by atoms with E-state index in [-0.39, 0.29) is 21.7 Å². The summed E-state index contributed by atoms with van der Waals surface area (Å²) in [6.07, 6.45) is 0. The number of amides is 1. The molecule has 0 saturated carbocycles. The number of pyridine rings is 1. The molecule has 0 unspecified atom stereocenters. The van der Waals surface area contributed by atoms with Gasteiger partial charge in [-0.3, -0.25) is 4.79 Å². The van der Waals surface area contributed by atoms with Crippen molar-refractivity contribution in [3.63, 3.8) is 0 Å². The summed E-state index contributed by atoms with van der Waals surface area (Å²) in [5, 5.41) is 10.2. The molecule has 1 heterocycles. The number of hydrogen-bond donors (Lipinski definition) is 1. The summed E-state index contributed by atoms with van der Waals surface area (Å²) >= 11 is 0. The van der Waals surface area contributed by atoms with Gasteiger partial charge in [-0.2, -0.15) is 4.31 Å². The van der Waals surface area contributed by atoms with Crippen LogP contribution in [-0.2, 0) is 10.0 Å². The highest BCUT2D eigenvalue weighted by molar-refractivity contribution is 7.93. The predicted molar refractivity (Wildman–Crippen MR) is 133 cm³/mol. The molecule has 0 aliphatic heterocycles. The van der Waals surface area contributed by atoms with Crippen molar-refractivity contribution in [2.45, 2.75) is 4.90 Å². The molecule has 0 saturated heterocycles. The number of rotatable bonds is 5. The zero-order valence-electron chi connectivity index (χ0n) is 18.2. The van der Waals surface area contributed by atoms with Crippen LogP contribution in [0.25, 0.3) is 21.8 Å². The van der Waals surface area contributed by atoms with Gasteiger partial charge in [0.05, 0.1) is 32.7 Å². The zero-order valence-corrected chi connectivity index (χ0v) is 19.0. The maximum atomic E-state index is 14.2. The first-order chi connectivity index (χ1) is 16.9. The van der Waals surface area contributed by atoms with Crippen LogP contribution in [0.4, 0.5) is 5.69 Å². The molecule has 0 aliphatic carbocycles. The van der Waals surface area contributed by atoms with Gasteiger partial charge in [0.2, 0.25) is 0 Å². The second-order valence-electron chi connectivity index (χ2n) is 7.76. The fourth-order valence-electron chi connectivity index (χ4n) is 3.98. The molecule has 5 aromatic rings. The van der Waals surface area contributed by atoms with E-state index < -0.39 is 21.9 Å². The second-order valence-corrected chi connectivity index (χ2v) is 9.55. The lowest BCUT2D eigenvalue weighted by Gasteiger charge is -2.24. The molecule has 8 heteroatoms. The Morgan fingerprint density at radius 1 is 0.686 bits per heavy atom. The molecule has 5 rings (SSSR count). The summed E-state index contributed by atoms with van der Waals surface area (Å²) in [5.41, 5.74) is 1.43. The Bertz CT molecular complexity index is 1650. The fraction of sp³-hybridized carbons (Fsp3) is 0. The van der Waals surface area contributed by atoms with Crippen molar-refractivity contribution in [3.8, 4) is 0 Å². The molecule has 1 amide bonds. The second kappa shape index (κ2) is 8.66. The summed E-state index contributed by atoms with van der Waals surface area (Å²) in [6, 6.07) is 27.0.